The standard InChI is InChI=1S/C17H20ClN3O4S/c1-2-25-17(22)13(11-19)12-20-14-6-7-15(18)16(10-14)26(23,24)21-8-4-3-5-9-21/h6-7,10,12,20H,2-5,8-9H2,1H3/b13-12+. The summed E-state index contributed by atoms with van der Waals surface area (Å²) in [5.41, 5.74) is 0.171. The van der Waals surface area contributed by atoms with Crippen molar-refractivity contribution in [3.8, 4) is 6.07 Å². The molecule has 1 aliphatic heterocycles. The minimum absolute atomic E-state index is 0.00545. The lowest BCUT2D eigenvalue weighted by Gasteiger charge is -2.26. The van der Waals surface area contributed by atoms with Crippen molar-refractivity contribution in [2.75, 3.05) is 25.0 Å². The summed E-state index contributed by atoms with van der Waals surface area (Å²) in [7, 11) is -3.70. The molecule has 1 fully saturated rings. The van der Waals surface area contributed by atoms with E-state index in [1.54, 1.807) is 19.1 Å². The smallest absolute Gasteiger partial charge is 0.350 e. The van der Waals surface area contributed by atoms with E-state index < -0.39 is 16.0 Å². The monoisotopic (exact) mass is 397 g/mol. The van der Waals surface area contributed by atoms with Gasteiger partial charge in [0.2, 0.25) is 10.0 Å². The molecule has 0 bridgehead atoms. The number of sulfonamides is 1. The Morgan fingerprint density at radius 1 is 1.38 bits per heavy atom. The molecule has 26 heavy (non-hydrogen) atoms. The Hall–Kier alpha value is -2.08. The molecule has 1 heterocycles. The van der Waals surface area contributed by atoms with Crippen molar-refractivity contribution >= 4 is 33.3 Å². The number of esters is 1. The lowest BCUT2D eigenvalue weighted by atomic mass is 10.2. The Labute approximate surface area is 158 Å². The first-order valence-corrected chi connectivity index (χ1v) is 10.1. The lowest BCUT2D eigenvalue weighted by molar-refractivity contribution is -0.138. The van der Waals surface area contributed by atoms with Gasteiger partial charge in [-0.2, -0.15) is 9.57 Å². The average Bonchev–Trinajstić information content (AvgIpc) is 2.64. The number of hydrogen-bond acceptors (Lipinski definition) is 6. The molecule has 0 aromatic heterocycles. The number of rotatable bonds is 6. The van der Waals surface area contributed by atoms with Gasteiger partial charge in [0.15, 0.2) is 5.57 Å². The molecule has 140 valence electrons. The highest BCUT2D eigenvalue weighted by atomic mass is 35.5. The molecule has 1 aromatic rings. The van der Waals surface area contributed by atoms with Crippen molar-refractivity contribution in [1.82, 2.24) is 4.31 Å². The number of carbonyl (C=O) groups is 1. The topological polar surface area (TPSA) is 99.5 Å². The maximum Gasteiger partial charge on any atom is 0.350 e. The van der Waals surface area contributed by atoms with E-state index >= 15 is 0 Å². The summed E-state index contributed by atoms with van der Waals surface area (Å²) in [5, 5.41) is 11.9. The fraction of sp³-hybridized carbons (Fsp3) is 0.412. The quantitative estimate of drug-likeness (QED) is 0.450. The minimum Gasteiger partial charge on any atom is -0.462 e. The number of nitrogens with one attached hydrogen (secondary N) is 1. The van der Waals surface area contributed by atoms with Crippen LogP contribution in [0.1, 0.15) is 26.2 Å². The van der Waals surface area contributed by atoms with Crippen LogP contribution in [0.15, 0.2) is 34.9 Å². The number of hydrogen-bond donors (Lipinski definition) is 1. The summed E-state index contributed by atoms with van der Waals surface area (Å²) in [4.78, 5) is 11.6. The number of nitrogens with zero attached hydrogens (tertiary/aromatic N) is 2. The van der Waals surface area contributed by atoms with Crippen LogP contribution in [0.5, 0.6) is 0 Å². The van der Waals surface area contributed by atoms with E-state index in [0.717, 1.165) is 19.3 Å². The molecule has 9 heteroatoms. The first-order valence-electron chi connectivity index (χ1n) is 8.23. The molecular formula is C17H20ClN3O4S. The Bertz CT molecular complexity index is 840. The predicted molar refractivity (Wildman–Crippen MR) is 98.0 cm³/mol. The summed E-state index contributed by atoms with van der Waals surface area (Å²) < 4.78 is 31.8. The zero-order chi connectivity index (χ0) is 19.2. The molecule has 1 aliphatic rings. The zero-order valence-electron chi connectivity index (χ0n) is 14.4. The van der Waals surface area contributed by atoms with Gasteiger partial charge in [-0.3, -0.25) is 0 Å². The molecule has 7 nitrogen and oxygen atoms in total. The van der Waals surface area contributed by atoms with Crippen LogP contribution in [-0.4, -0.2) is 38.4 Å². The first-order chi connectivity index (χ1) is 12.4. The Morgan fingerprint density at radius 2 is 2.08 bits per heavy atom. The second kappa shape index (κ2) is 9.03. The van der Waals surface area contributed by atoms with Crippen LogP contribution in [0.25, 0.3) is 0 Å². The predicted octanol–water partition coefficient (Wildman–Crippen LogP) is 2.90. The summed E-state index contributed by atoms with van der Waals surface area (Å²) in [6.07, 6.45) is 3.83. The molecule has 0 unspecified atom stereocenters. The van der Waals surface area contributed by atoms with Crippen LogP contribution in [0, 0.1) is 11.3 Å². The highest BCUT2D eigenvalue weighted by Crippen LogP contribution is 2.29. The highest BCUT2D eigenvalue weighted by molar-refractivity contribution is 7.89. The number of ether oxygens (including phenoxy) is 1. The van der Waals surface area contributed by atoms with Gasteiger partial charge in [-0.05, 0) is 38.0 Å². The van der Waals surface area contributed by atoms with Crippen LogP contribution < -0.4 is 5.32 Å². The molecule has 0 amide bonds. The molecule has 0 spiro atoms. The van der Waals surface area contributed by atoms with Gasteiger partial charge in [-0.1, -0.05) is 18.0 Å². The van der Waals surface area contributed by atoms with Gasteiger partial charge < -0.3 is 10.1 Å². The number of halogens is 1. The van der Waals surface area contributed by atoms with Crippen molar-refractivity contribution in [1.29, 1.82) is 5.26 Å². The third kappa shape index (κ3) is 4.75. The van der Waals surface area contributed by atoms with E-state index in [2.05, 4.69) is 5.32 Å². The minimum atomic E-state index is -3.70. The fourth-order valence-corrected chi connectivity index (χ4v) is 4.55. The van der Waals surface area contributed by atoms with Crippen LogP contribution in [-0.2, 0) is 19.6 Å². The van der Waals surface area contributed by atoms with Gasteiger partial charge in [0, 0.05) is 25.0 Å². The van der Waals surface area contributed by atoms with E-state index in [9.17, 15) is 13.2 Å². The van der Waals surface area contributed by atoms with Crippen LogP contribution in [0.4, 0.5) is 5.69 Å². The maximum atomic E-state index is 12.8. The van der Waals surface area contributed by atoms with Gasteiger partial charge in [0.1, 0.15) is 11.0 Å². The van der Waals surface area contributed by atoms with E-state index in [-0.39, 0.29) is 22.1 Å². The van der Waals surface area contributed by atoms with Crippen LogP contribution >= 0.6 is 11.6 Å². The molecule has 0 radical (unpaired) electrons. The molecular weight excluding hydrogens is 378 g/mol. The maximum absolute atomic E-state index is 12.8. The zero-order valence-corrected chi connectivity index (χ0v) is 15.9. The number of piperidine rings is 1. The lowest BCUT2D eigenvalue weighted by Crippen LogP contribution is -2.35. The van der Waals surface area contributed by atoms with Crippen LogP contribution in [0.2, 0.25) is 5.02 Å². The van der Waals surface area contributed by atoms with Crippen molar-refractivity contribution in [2.45, 2.75) is 31.1 Å². The van der Waals surface area contributed by atoms with E-state index in [0.29, 0.717) is 18.8 Å². The van der Waals surface area contributed by atoms with E-state index in [1.165, 1.54) is 22.6 Å². The second-order valence-corrected chi connectivity index (χ2v) is 7.96. The number of benzene rings is 1. The van der Waals surface area contributed by atoms with Crippen molar-refractivity contribution < 1.29 is 17.9 Å². The van der Waals surface area contributed by atoms with Gasteiger partial charge >= 0.3 is 5.97 Å². The van der Waals surface area contributed by atoms with Gasteiger partial charge in [0.05, 0.1) is 11.6 Å². The molecule has 0 atom stereocenters. The average molecular weight is 398 g/mol. The Morgan fingerprint density at radius 3 is 2.69 bits per heavy atom. The summed E-state index contributed by atoms with van der Waals surface area (Å²) in [6.45, 7) is 2.73. The summed E-state index contributed by atoms with van der Waals surface area (Å²) in [6, 6.07) is 6.16. The van der Waals surface area contributed by atoms with Crippen molar-refractivity contribution in [3.63, 3.8) is 0 Å². The Kier molecular flexibility index (Phi) is 7.03. The molecule has 1 aromatic carbocycles. The molecule has 1 N–H and O–H groups in total. The SMILES string of the molecule is CCOC(=O)/C(C#N)=C/Nc1ccc(Cl)c(S(=O)(=O)N2CCCCC2)c1. The number of anilines is 1. The van der Waals surface area contributed by atoms with E-state index in [4.69, 9.17) is 21.6 Å². The highest BCUT2D eigenvalue weighted by Gasteiger charge is 2.28. The molecule has 0 aliphatic carbocycles. The molecule has 2 rings (SSSR count). The molecule has 0 saturated carbocycles. The largest absolute Gasteiger partial charge is 0.462 e. The summed E-state index contributed by atoms with van der Waals surface area (Å²) in [5.74, 6) is -0.752. The second-order valence-electron chi connectivity index (χ2n) is 5.64. The van der Waals surface area contributed by atoms with Gasteiger partial charge in [-0.15, -0.1) is 0 Å². The first kappa shape index (κ1) is 20.2. The van der Waals surface area contributed by atoms with Crippen molar-refractivity contribution in [3.05, 3.63) is 35.0 Å². The summed E-state index contributed by atoms with van der Waals surface area (Å²) >= 11 is 6.11. The molecule has 1 saturated heterocycles. The fourth-order valence-electron chi connectivity index (χ4n) is 2.54. The van der Waals surface area contributed by atoms with Crippen molar-refractivity contribution in [2.24, 2.45) is 0 Å². The third-order valence-electron chi connectivity index (χ3n) is 3.86. The van der Waals surface area contributed by atoms with Gasteiger partial charge in [0.25, 0.3) is 0 Å². The number of carbonyl (C=O) groups excluding carboxylic acids is 1. The van der Waals surface area contributed by atoms with Gasteiger partial charge in [-0.25, -0.2) is 13.2 Å². The number of nitriles is 1. The van der Waals surface area contributed by atoms with E-state index in [1.807, 2.05) is 0 Å². The normalized spacial score (nSPS) is 16.0. The Balaban J connectivity index is 2.27. The van der Waals surface area contributed by atoms with Crippen LogP contribution in [0.3, 0.4) is 0 Å². The third-order valence-corrected chi connectivity index (χ3v) is 6.24.